The predicted octanol–water partition coefficient (Wildman–Crippen LogP) is 2.06. The fraction of sp³-hybridized carbons (Fsp3) is 0.300. The molecule has 0 saturated carbocycles. The van der Waals surface area contributed by atoms with Gasteiger partial charge in [-0.3, -0.25) is 19.8 Å². The lowest BCUT2D eigenvalue weighted by Crippen LogP contribution is -2.45. The van der Waals surface area contributed by atoms with Gasteiger partial charge in [-0.05, 0) is 24.5 Å². The van der Waals surface area contributed by atoms with Crippen LogP contribution in [-0.2, 0) is 16.0 Å². The number of nitrogens with zero attached hydrogens (tertiary/aromatic N) is 3. The maximum Gasteiger partial charge on any atom is 0.267 e. The van der Waals surface area contributed by atoms with Crippen molar-refractivity contribution in [2.75, 3.05) is 18.4 Å². The van der Waals surface area contributed by atoms with E-state index < -0.39 is 5.91 Å². The number of hydrogen-bond acceptors (Lipinski definition) is 6. The molecule has 3 N–H and O–H groups in total. The standard InChI is InChI=1S/C20H23N5O3.ClH/c26-19(24-28)9-8-16-12-22-18(13-21-16)23-17-7-4-10-25(14-17)20(27)11-15-5-2-1-3-6-15;/h1-3,5-6,8-9,12-13,17,28H,4,7,10-11,14H2,(H,22,23)(H,24,26);1H/b9-8+;. The molecule has 9 heteroatoms. The fourth-order valence-electron chi connectivity index (χ4n) is 3.11. The number of aromatic nitrogens is 2. The summed E-state index contributed by atoms with van der Waals surface area (Å²) >= 11 is 0. The van der Waals surface area contributed by atoms with E-state index in [0.29, 0.717) is 24.5 Å². The zero-order chi connectivity index (χ0) is 19.8. The molecule has 1 aliphatic rings. The van der Waals surface area contributed by atoms with Crippen molar-refractivity contribution < 1.29 is 14.8 Å². The average molecular weight is 418 g/mol. The van der Waals surface area contributed by atoms with E-state index in [4.69, 9.17) is 5.21 Å². The maximum absolute atomic E-state index is 12.6. The lowest BCUT2D eigenvalue weighted by Gasteiger charge is -2.33. The largest absolute Gasteiger partial charge is 0.364 e. The van der Waals surface area contributed by atoms with E-state index in [1.807, 2.05) is 35.2 Å². The van der Waals surface area contributed by atoms with Gasteiger partial charge in [-0.15, -0.1) is 12.4 Å². The highest BCUT2D eigenvalue weighted by atomic mass is 35.5. The number of likely N-dealkylation sites (tertiary alicyclic amines) is 1. The quantitative estimate of drug-likeness (QED) is 0.377. The zero-order valence-corrected chi connectivity index (χ0v) is 16.6. The zero-order valence-electron chi connectivity index (χ0n) is 15.8. The molecule has 0 radical (unpaired) electrons. The highest BCUT2D eigenvalue weighted by Crippen LogP contribution is 2.16. The minimum absolute atomic E-state index is 0. The predicted molar refractivity (Wildman–Crippen MR) is 112 cm³/mol. The van der Waals surface area contributed by atoms with Gasteiger partial charge in [0.05, 0.1) is 24.5 Å². The average Bonchev–Trinajstić information content (AvgIpc) is 2.74. The van der Waals surface area contributed by atoms with E-state index in [1.165, 1.54) is 17.8 Å². The van der Waals surface area contributed by atoms with Gasteiger partial charge in [0.2, 0.25) is 5.91 Å². The van der Waals surface area contributed by atoms with Gasteiger partial charge in [0, 0.05) is 25.2 Å². The van der Waals surface area contributed by atoms with Crippen LogP contribution in [0.3, 0.4) is 0 Å². The molecule has 154 valence electrons. The summed E-state index contributed by atoms with van der Waals surface area (Å²) in [5.41, 5.74) is 3.03. The molecule has 0 aliphatic carbocycles. The highest BCUT2D eigenvalue weighted by molar-refractivity contribution is 5.90. The highest BCUT2D eigenvalue weighted by Gasteiger charge is 2.23. The van der Waals surface area contributed by atoms with Crippen molar-refractivity contribution in [1.82, 2.24) is 20.3 Å². The normalized spacial score (nSPS) is 16.2. The Morgan fingerprint density at radius 1 is 1.21 bits per heavy atom. The molecule has 1 aromatic carbocycles. The van der Waals surface area contributed by atoms with E-state index >= 15 is 0 Å². The van der Waals surface area contributed by atoms with Crippen molar-refractivity contribution in [2.45, 2.75) is 25.3 Å². The van der Waals surface area contributed by atoms with Crippen molar-refractivity contribution in [3.8, 4) is 0 Å². The number of rotatable bonds is 6. The van der Waals surface area contributed by atoms with Crippen LogP contribution < -0.4 is 10.8 Å². The van der Waals surface area contributed by atoms with Crippen LogP contribution in [0.25, 0.3) is 6.08 Å². The Morgan fingerprint density at radius 3 is 2.69 bits per heavy atom. The van der Waals surface area contributed by atoms with Crippen molar-refractivity contribution in [3.05, 3.63) is 60.1 Å². The Morgan fingerprint density at radius 2 is 2.00 bits per heavy atom. The summed E-state index contributed by atoms with van der Waals surface area (Å²) in [6.07, 6.45) is 8.03. The van der Waals surface area contributed by atoms with Crippen molar-refractivity contribution >= 4 is 36.1 Å². The first kappa shape index (κ1) is 22.3. The van der Waals surface area contributed by atoms with Crippen LogP contribution in [0.4, 0.5) is 5.82 Å². The second-order valence-corrected chi connectivity index (χ2v) is 6.62. The number of hydrogen-bond donors (Lipinski definition) is 3. The molecule has 1 aliphatic heterocycles. The Balaban J connectivity index is 0.00000300. The first-order valence-electron chi connectivity index (χ1n) is 9.16. The van der Waals surface area contributed by atoms with Gasteiger partial charge >= 0.3 is 0 Å². The Hall–Kier alpha value is -2.97. The number of carbonyl (C=O) groups excluding carboxylic acids is 2. The third kappa shape index (κ3) is 6.85. The van der Waals surface area contributed by atoms with Crippen LogP contribution >= 0.6 is 12.4 Å². The molecule has 1 aromatic heterocycles. The summed E-state index contributed by atoms with van der Waals surface area (Å²) < 4.78 is 0. The third-order valence-electron chi connectivity index (χ3n) is 4.51. The van der Waals surface area contributed by atoms with Gasteiger partial charge < -0.3 is 10.2 Å². The van der Waals surface area contributed by atoms with Crippen LogP contribution in [0.5, 0.6) is 0 Å². The van der Waals surface area contributed by atoms with E-state index in [-0.39, 0.29) is 24.4 Å². The van der Waals surface area contributed by atoms with Crippen LogP contribution in [0.2, 0.25) is 0 Å². The number of halogens is 1. The number of nitrogens with one attached hydrogen (secondary N) is 2. The summed E-state index contributed by atoms with van der Waals surface area (Å²) in [7, 11) is 0. The number of piperidine rings is 1. The van der Waals surface area contributed by atoms with E-state index in [0.717, 1.165) is 31.0 Å². The number of benzene rings is 1. The van der Waals surface area contributed by atoms with Crippen molar-refractivity contribution in [3.63, 3.8) is 0 Å². The second kappa shape index (κ2) is 11.1. The van der Waals surface area contributed by atoms with Gasteiger partial charge in [0.1, 0.15) is 5.82 Å². The Bertz CT molecular complexity index is 830. The molecule has 2 amide bonds. The van der Waals surface area contributed by atoms with E-state index in [2.05, 4.69) is 15.3 Å². The Labute approximate surface area is 175 Å². The van der Waals surface area contributed by atoms with Crippen molar-refractivity contribution in [2.24, 2.45) is 0 Å². The van der Waals surface area contributed by atoms with Crippen LogP contribution in [-0.4, -0.2) is 51.0 Å². The summed E-state index contributed by atoms with van der Waals surface area (Å²) in [5.74, 6) is 0.115. The summed E-state index contributed by atoms with van der Waals surface area (Å²) in [5, 5.41) is 11.8. The molecule has 1 atom stereocenters. The van der Waals surface area contributed by atoms with Crippen molar-refractivity contribution in [1.29, 1.82) is 0 Å². The molecule has 29 heavy (non-hydrogen) atoms. The van der Waals surface area contributed by atoms with E-state index in [9.17, 15) is 9.59 Å². The fourth-order valence-corrected chi connectivity index (χ4v) is 3.11. The van der Waals surface area contributed by atoms with Gasteiger partial charge in [-0.1, -0.05) is 30.3 Å². The Kier molecular flexibility index (Phi) is 8.57. The minimum Gasteiger partial charge on any atom is -0.364 e. The van der Waals surface area contributed by atoms with Gasteiger partial charge in [0.25, 0.3) is 5.91 Å². The molecule has 0 bridgehead atoms. The van der Waals surface area contributed by atoms with Crippen LogP contribution in [0.1, 0.15) is 24.1 Å². The van der Waals surface area contributed by atoms with Crippen LogP contribution in [0, 0.1) is 0 Å². The molecule has 2 heterocycles. The monoisotopic (exact) mass is 417 g/mol. The van der Waals surface area contributed by atoms with Gasteiger partial charge in [-0.25, -0.2) is 10.5 Å². The topological polar surface area (TPSA) is 107 Å². The number of anilines is 1. The lowest BCUT2D eigenvalue weighted by molar-refractivity contribution is -0.131. The smallest absolute Gasteiger partial charge is 0.267 e. The van der Waals surface area contributed by atoms with Crippen LogP contribution in [0.15, 0.2) is 48.8 Å². The number of amides is 2. The SMILES string of the molecule is Cl.O=C(/C=C/c1cnc(NC2CCCN(C(=O)Cc3ccccc3)C2)cn1)NO. The summed E-state index contributed by atoms with van der Waals surface area (Å²) in [4.78, 5) is 33.9. The molecule has 1 fully saturated rings. The summed E-state index contributed by atoms with van der Waals surface area (Å²) in [6, 6.07) is 9.87. The molecule has 1 unspecified atom stereocenters. The molecular weight excluding hydrogens is 394 g/mol. The lowest BCUT2D eigenvalue weighted by atomic mass is 10.0. The molecule has 0 spiro atoms. The molecule has 8 nitrogen and oxygen atoms in total. The first-order valence-corrected chi connectivity index (χ1v) is 9.16. The van der Waals surface area contributed by atoms with E-state index in [1.54, 1.807) is 6.20 Å². The first-order chi connectivity index (χ1) is 13.6. The van der Waals surface area contributed by atoms with Gasteiger partial charge in [0.15, 0.2) is 0 Å². The summed E-state index contributed by atoms with van der Waals surface area (Å²) in [6.45, 7) is 1.40. The molecule has 3 rings (SSSR count). The molecular formula is C20H24ClN5O3. The van der Waals surface area contributed by atoms with Gasteiger partial charge in [-0.2, -0.15) is 0 Å². The molecule has 1 saturated heterocycles. The maximum atomic E-state index is 12.6. The second-order valence-electron chi connectivity index (χ2n) is 6.62. The third-order valence-corrected chi connectivity index (χ3v) is 4.51. The number of hydroxylamine groups is 1. The molecule has 2 aromatic rings. The number of carbonyl (C=O) groups is 2. The minimum atomic E-state index is -0.633.